The van der Waals surface area contributed by atoms with Crippen molar-refractivity contribution in [3.8, 4) is 6.07 Å². The van der Waals surface area contributed by atoms with E-state index in [0.29, 0.717) is 11.0 Å². The summed E-state index contributed by atoms with van der Waals surface area (Å²) in [7, 11) is 1.17. The van der Waals surface area contributed by atoms with E-state index in [1.165, 1.54) is 26.2 Å². The summed E-state index contributed by atoms with van der Waals surface area (Å²) in [6, 6.07) is 4.10. The van der Waals surface area contributed by atoms with Gasteiger partial charge in [-0.15, -0.1) is 0 Å². The molecule has 7 nitrogen and oxygen atoms in total. The van der Waals surface area contributed by atoms with E-state index in [2.05, 4.69) is 0 Å². The van der Waals surface area contributed by atoms with Crippen LogP contribution in [0.4, 0.5) is 18.9 Å². The van der Waals surface area contributed by atoms with Crippen LogP contribution in [0.1, 0.15) is 25.0 Å². The zero-order chi connectivity index (χ0) is 22.2. The molecule has 0 radical (unpaired) electrons. The van der Waals surface area contributed by atoms with Gasteiger partial charge in [-0.05, 0) is 38.1 Å². The number of imide groups is 1. The van der Waals surface area contributed by atoms with Crippen LogP contribution in [0.2, 0.25) is 0 Å². The number of fused-ring (bicyclic) bond motifs is 5. The van der Waals surface area contributed by atoms with Gasteiger partial charge in [-0.2, -0.15) is 18.4 Å². The molecular formula is C20H15F3N2O5. The third-order valence-electron chi connectivity index (χ3n) is 6.01. The Morgan fingerprint density at radius 3 is 2.43 bits per heavy atom. The first kappa shape index (κ1) is 20.1. The molecule has 1 aromatic rings. The fraction of sp³-hybridized carbons (Fsp3) is 0.400. The van der Waals surface area contributed by atoms with Gasteiger partial charge in [-0.3, -0.25) is 9.59 Å². The minimum Gasteiger partial charge on any atom is -0.466 e. The first-order valence-corrected chi connectivity index (χ1v) is 8.90. The number of ether oxygens (including phenoxy) is 2. The third kappa shape index (κ3) is 2.38. The van der Waals surface area contributed by atoms with Crippen LogP contribution in [-0.2, 0) is 30.0 Å². The Hall–Kier alpha value is -3.19. The van der Waals surface area contributed by atoms with Crippen LogP contribution in [0, 0.1) is 23.2 Å². The Bertz CT molecular complexity index is 1090. The summed E-state index contributed by atoms with van der Waals surface area (Å²) in [5.74, 6) is -4.32. The van der Waals surface area contributed by atoms with Crippen LogP contribution in [-0.4, -0.2) is 36.1 Å². The SMILES string of the molecule is COC(=O)C1=CC2(C)OC1(C)[C@@H]1C(=O)N(c3ccc(C#N)c(C(F)(F)F)c3)C(=O)[C@@H]12. The van der Waals surface area contributed by atoms with Gasteiger partial charge >= 0.3 is 12.1 Å². The highest BCUT2D eigenvalue weighted by atomic mass is 19.4. The van der Waals surface area contributed by atoms with Crippen molar-refractivity contribution in [3.05, 3.63) is 41.0 Å². The lowest BCUT2D eigenvalue weighted by Gasteiger charge is -2.28. The van der Waals surface area contributed by atoms with Crippen LogP contribution < -0.4 is 4.90 Å². The van der Waals surface area contributed by atoms with E-state index in [9.17, 15) is 27.6 Å². The predicted octanol–water partition coefficient (Wildman–Crippen LogP) is 2.34. The molecule has 0 aromatic heterocycles. The molecule has 2 unspecified atom stereocenters. The van der Waals surface area contributed by atoms with Crippen LogP contribution in [0.25, 0.3) is 0 Å². The molecule has 0 saturated carbocycles. The topological polar surface area (TPSA) is 96.7 Å². The Balaban J connectivity index is 1.81. The van der Waals surface area contributed by atoms with E-state index in [4.69, 9.17) is 14.7 Å². The quantitative estimate of drug-likeness (QED) is 0.538. The van der Waals surface area contributed by atoms with Crippen molar-refractivity contribution in [1.82, 2.24) is 0 Å². The highest BCUT2D eigenvalue weighted by Gasteiger charge is 2.74. The van der Waals surface area contributed by atoms with Crippen molar-refractivity contribution in [1.29, 1.82) is 5.26 Å². The number of benzene rings is 1. The number of carbonyl (C=O) groups excluding carboxylic acids is 3. The molecule has 4 atom stereocenters. The Morgan fingerprint density at radius 1 is 1.23 bits per heavy atom. The molecule has 0 spiro atoms. The maximum absolute atomic E-state index is 13.3. The van der Waals surface area contributed by atoms with Crippen molar-refractivity contribution in [3.63, 3.8) is 0 Å². The minimum absolute atomic E-state index is 0.0903. The maximum Gasteiger partial charge on any atom is 0.417 e. The zero-order valence-corrected chi connectivity index (χ0v) is 16.0. The molecule has 1 aromatic carbocycles. The monoisotopic (exact) mass is 420 g/mol. The molecule has 4 rings (SSSR count). The molecule has 3 aliphatic rings. The largest absolute Gasteiger partial charge is 0.466 e. The molecule has 0 aliphatic carbocycles. The van der Waals surface area contributed by atoms with Crippen LogP contribution in [0.15, 0.2) is 29.8 Å². The first-order chi connectivity index (χ1) is 13.9. The molecule has 10 heteroatoms. The second kappa shape index (κ2) is 5.92. The summed E-state index contributed by atoms with van der Waals surface area (Å²) in [5, 5.41) is 8.96. The molecule has 2 amide bonds. The number of nitrogens with zero attached hydrogens (tertiary/aromatic N) is 2. The van der Waals surface area contributed by atoms with E-state index < -0.39 is 58.1 Å². The number of anilines is 1. The average molecular weight is 420 g/mol. The molecule has 3 aliphatic heterocycles. The fourth-order valence-electron chi connectivity index (χ4n) is 4.79. The number of alkyl halides is 3. The molecule has 2 saturated heterocycles. The molecule has 0 N–H and O–H groups in total. The fourth-order valence-corrected chi connectivity index (χ4v) is 4.79. The average Bonchev–Trinajstić information content (AvgIpc) is 3.21. The first-order valence-electron chi connectivity index (χ1n) is 8.90. The highest BCUT2D eigenvalue weighted by Crippen LogP contribution is 2.60. The summed E-state index contributed by atoms with van der Waals surface area (Å²) < 4.78 is 50.7. The lowest BCUT2D eigenvalue weighted by atomic mass is 9.69. The maximum atomic E-state index is 13.3. The van der Waals surface area contributed by atoms with Gasteiger partial charge in [0.05, 0.1) is 53.0 Å². The van der Waals surface area contributed by atoms with Gasteiger partial charge in [-0.1, -0.05) is 0 Å². The number of halogens is 3. The van der Waals surface area contributed by atoms with Gasteiger partial charge in [0.1, 0.15) is 5.60 Å². The lowest BCUT2D eigenvalue weighted by Crippen LogP contribution is -2.43. The number of rotatable bonds is 2. The number of carbonyl (C=O) groups is 3. The summed E-state index contributed by atoms with van der Waals surface area (Å²) in [6.07, 6.45) is -3.41. The molecule has 2 bridgehead atoms. The smallest absolute Gasteiger partial charge is 0.417 e. The standard InChI is InChI=1S/C20H15F3N2O5/c1-18-7-12(17(28)29-3)19(2,30-18)14-13(18)15(26)25(16(14)27)10-5-4-9(8-24)11(6-10)20(21,22)23/h4-7,13-14H,1-3H3/t13-,14+,18?,19?/m1/s1. The van der Waals surface area contributed by atoms with Crippen molar-refractivity contribution >= 4 is 23.5 Å². The van der Waals surface area contributed by atoms with Crippen molar-refractivity contribution in [2.45, 2.75) is 31.2 Å². The zero-order valence-electron chi connectivity index (χ0n) is 16.0. The molecule has 156 valence electrons. The van der Waals surface area contributed by atoms with Gasteiger partial charge in [0.25, 0.3) is 0 Å². The van der Waals surface area contributed by atoms with E-state index in [1.807, 2.05) is 0 Å². The molecule has 3 heterocycles. The summed E-state index contributed by atoms with van der Waals surface area (Å²) in [6.45, 7) is 3.03. The predicted molar refractivity (Wildman–Crippen MR) is 93.6 cm³/mol. The minimum atomic E-state index is -4.84. The van der Waals surface area contributed by atoms with Gasteiger partial charge in [-0.25, -0.2) is 9.69 Å². The molecule has 2 fully saturated rings. The van der Waals surface area contributed by atoms with Gasteiger partial charge in [0.2, 0.25) is 11.8 Å². The van der Waals surface area contributed by atoms with Crippen LogP contribution in [0.3, 0.4) is 0 Å². The lowest BCUT2D eigenvalue weighted by molar-refractivity contribution is -0.140. The Morgan fingerprint density at radius 2 is 1.87 bits per heavy atom. The van der Waals surface area contributed by atoms with Gasteiger partial charge in [0, 0.05) is 0 Å². The Kier molecular flexibility index (Phi) is 3.96. The summed E-state index contributed by atoms with van der Waals surface area (Å²) in [5.41, 5.74) is -4.81. The van der Waals surface area contributed by atoms with E-state index in [-0.39, 0.29) is 11.3 Å². The second-order valence-corrected chi connectivity index (χ2v) is 7.75. The van der Waals surface area contributed by atoms with Crippen LogP contribution in [0.5, 0.6) is 0 Å². The van der Waals surface area contributed by atoms with Crippen molar-refractivity contribution < 1.29 is 37.0 Å². The van der Waals surface area contributed by atoms with Crippen molar-refractivity contribution in [2.75, 3.05) is 12.0 Å². The molecular weight excluding hydrogens is 405 g/mol. The molecule has 30 heavy (non-hydrogen) atoms. The number of hydrogen-bond acceptors (Lipinski definition) is 6. The number of nitriles is 1. The summed E-state index contributed by atoms with van der Waals surface area (Å²) in [4.78, 5) is 39.2. The summed E-state index contributed by atoms with van der Waals surface area (Å²) >= 11 is 0. The van der Waals surface area contributed by atoms with Gasteiger partial charge < -0.3 is 9.47 Å². The van der Waals surface area contributed by atoms with Gasteiger partial charge in [0.15, 0.2) is 0 Å². The van der Waals surface area contributed by atoms with E-state index >= 15 is 0 Å². The number of hydrogen-bond donors (Lipinski definition) is 0. The van der Waals surface area contributed by atoms with Crippen molar-refractivity contribution in [2.24, 2.45) is 11.8 Å². The number of amides is 2. The van der Waals surface area contributed by atoms with Crippen LogP contribution >= 0.6 is 0 Å². The number of esters is 1. The number of methoxy groups -OCH3 is 1. The van der Waals surface area contributed by atoms with E-state index in [0.717, 1.165) is 12.1 Å². The Labute approximate surface area is 168 Å². The normalized spacial score (nSPS) is 32.2. The van der Waals surface area contributed by atoms with E-state index in [1.54, 1.807) is 6.92 Å². The second-order valence-electron chi connectivity index (χ2n) is 7.75. The third-order valence-corrected chi connectivity index (χ3v) is 6.01. The highest BCUT2D eigenvalue weighted by molar-refractivity contribution is 6.24.